The van der Waals surface area contributed by atoms with E-state index in [1.165, 1.54) is 19.2 Å². The molecule has 0 radical (unpaired) electrons. The SMILES string of the molecule is COc1ccc(-c2nc(C(=O)NC3CCN(c4ncc(Br)cn4)CC3)c([C@H](C)N)o2)c2ccc(C(F)(F)F)nc12. The number of nitrogens with two attached hydrogens (primary N) is 1. The molecule has 1 amide bonds. The summed E-state index contributed by atoms with van der Waals surface area (Å²) in [7, 11) is 1.34. The zero-order chi connectivity index (χ0) is 28.6. The van der Waals surface area contributed by atoms with Crippen LogP contribution in [0.5, 0.6) is 5.75 Å². The normalized spacial score (nSPS) is 15.3. The fraction of sp³-hybridized carbons (Fsp3) is 0.346. The minimum absolute atomic E-state index is 0.0112. The molecule has 3 N–H and O–H groups in total. The number of carbonyl (C=O) groups excluding carboxylic acids is 1. The van der Waals surface area contributed by atoms with E-state index in [2.05, 4.69) is 41.2 Å². The topological polar surface area (TPSA) is 132 Å². The molecule has 0 saturated carbocycles. The Morgan fingerprint density at radius 3 is 2.50 bits per heavy atom. The Kier molecular flexibility index (Phi) is 7.64. The number of benzene rings is 1. The molecule has 10 nitrogen and oxygen atoms in total. The lowest BCUT2D eigenvalue weighted by Gasteiger charge is -2.32. The van der Waals surface area contributed by atoms with Crippen molar-refractivity contribution in [3.8, 4) is 17.2 Å². The van der Waals surface area contributed by atoms with Gasteiger partial charge in [0.25, 0.3) is 5.91 Å². The molecule has 0 aliphatic carbocycles. The molecule has 1 aromatic carbocycles. The first-order valence-corrected chi connectivity index (χ1v) is 13.2. The Bertz CT molecular complexity index is 1540. The fourth-order valence-corrected chi connectivity index (χ4v) is 4.77. The predicted molar refractivity (Wildman–Crippen MR) is 144 cm³/mol. The van der Waals surface area contributed by atoms with Gasteiger partial charge in [0.15, 0.2) is 11.5 Å². The second-order valence-corrected chi connectivity index (χ2v) is 10.3. The van der Waals surface area contributed by atoms with Gasteiger partial charge in [0.2, 0.25) is 11.8 Å². The summed E-state index contributed by atoms with van der Waals surface area (Å²) in [6.45, 7) is 2.96. The largest absolute Gasteiger partial charge is 0.494 e. The van der Waals surface area contributed by atoms with Crippen LogP contribution in [0.4, 0.5) is 19.1 Å². The van der Waals surface area contributed by atoms with Gasteiger partial charge in [-0.15, -0.1) is 0 Å². The van der Waals surface area contributed by atoms with Crippen molar-refractivity contribution in [3.05, 3.63) is 58.3 Å². The number of methoxy groups -OCH3 is 1. The molecule has 5 rings (SSSR count). The van der Waals surface area contributed by atoms with Crippen molar-refractivity contribution in [2.24, 2.45) is 5.73 Å². The molecular weight excluding hydrogens is 595 g/mol. The summed E-state index contributed by atoms with van der Waals surface area (Å²) in [6.07, 6.45) is 0.0722. The second-order valence-electron chi connectivity index (χ2n) is 9.36. The van der Waals surface area contributed by atoms with Crippen molar-refractivity contribution in [2.75, 3.05) is 25.1 Å². The number of fused-ring (bicyclic) bond motifs is 1. The van der Waals surface area contributed by atoms with Crippen molar-refractivity contribution < 1.29 is 27.1 Å². The zero-order valence-electron chi connectivity index (χ0n) is 21.5. The van der Waals surface area contributed by atoms with Crippen LogP contribution in [-0.4, -0.2) is 52.1 Å². The van der Waals surface area contributed by atoms with E-state index in [1.54, 1.807) is 25.4 Å². The first-order valence-electron chi connectivity index (χ1n) is 12.4. The minimum atomic E-state index is -4.63. The zero-order valence-corrected chi connectivity index (χ0v) is 23.1. The molecule has 3 aromatic heterocycles. The third-order valence-electron chi connectivity index (χ3n) is 6.56. The Morgan fingerprint density at radius 1 is 1.18 bits per heavy atom. The van der Waals surface area contributed by atoms with E-state index in [1.807, 2.05) is 4.90 Å². The maximum Gasteiger partial charge on any atom is 0.433 e. The monoisotopic (exact) mass is 619 g/mol. The number of hydrogen-bond donors (Lipinski definition) is 2. The molecule has 1 atom stereocenters. The standard InChI is InChI=1S/C26H25BrF3N7O3/c1-13(31)22-21(23(38)34-15-7-9-37(10-8-15)25-32-11-14(27)12-33-25)36-24(40-22)17-3-5-18(39-2)20-16(17)4-6-19(35-20)26(28,29)30/h3-6,11-13,15H,7-10,31H2,1-2H3,(H,34,38)/t13-/m0/s1. The number of hydrogen-bond acceptors (Lipinski definition) is 9. The summed E-state index contributed by atoms with van der Waals surface area (Å²) in [6, 6.07) is 4.43. The second kappa shape index (κ2) is 11.0. The fourth-order valence-electron chi connectivity index (χ4n) is 4.57. The lowest BCUT2D eigenvalue weighted by Crippen LogP contribution is -2.45. The summed E-state index contributed by atoms with van der Waals surface area (Å²) >= 11 is 3.33. The van der Waals surface area contributed by atoms with Gasteiger partial charge in [-0.1, -0.05) is 0 Å². The molecule has 0 spiro atoms. The van der Waals surface area contributed by atoms with Crippen molar-refractivity contribution in [1.29, 1.82) is 0 Å². The highest BCUT2D eigenvalue weighted by Crippen LogP contribution is 2.37. The van der Waals surface area contributed by atoms with Crippen molar-refractivity contribution in [1.82, 2.24) is 25.3 Å². The summed E-state index contributed by atoms with van der Waals surface area (Å²) in [5.74, 6) is 0.528. The lowest BCUT2D eigenvalue weighted by atomic mass is 10.0. The number of anilines is 1. The van der Waals surface area contributed by atoms with Crippen molar-refractivity contribution >= 4 is 38.7 Å². The minimum Gasteiger partial charge on any atom is -0.494 e. The van der Waals surface area contributed by atoms with Crippen molar-refractivity contribution in [3.63, 3.8) is 0 Å². The van der Waals surface area contributed by atoms with Gasteiger partial charge < -0.3 is 25.1 Å². The van der Waals surface area contributed by atoms with Crippen molar-refractivity contribution in [2.45, 2.75) is 38.0 Å². The number of oxazole rings is 1. The molecule has 1 saturated heterocycles. The molecule has 4 aromatic rings. The molecule has 1 aliphatic heterocycles. The van der Waals surface area contributed by atoms with Crippen LogP contribution in [0.1, 0.15) is 47.7 Å². The number of nitrogens with one attached hydrogen (secondary N) is 1. The summed E-state index contributed by atoms with van der Waals surface area (Å²) in [5, 5.41) is 3.33. The number of pyridine rings is 1. The van der Waals surface area contributed by atoms with E-state index in [4.69, 9.17) is 14.9 Å². The molecule has 0 bridgehead atoms. The van der Waals surface area contributed by atoms with E-state index in [-0.39, 0.29) is 34.7 Å². The van der Waals surface area contributed by atoms with E-state index in [0.29, 0.717) is 42.8 Å². The smallest absolute Gasteiger partial charge is 0.433 e. The maximum absolute atomic E-state index is 13.3. The Hall–Kier alpha value is -3.78. The number of rotatable bonds is 6. The first-order chi connectivity index (χ1) is 19.0. The third kappa shape index (κ3) is 5.59. The van der Waals surface area contributed by atoms with Crippen LogP contribution >= 0.6 is 15.9 Å². The number of piperidine rings is 1. The van der Waals surface area contributed by atoms with Crippen LogP contribution in [0, 0.1) is 0 Å². The van der Waals surface area contributed by atoms with Crippen LogP contribution in [0.3, 0.4) is 0 Å². The van der Waals surface area contributed by atoms with Crippen LogP contribution in [0.25, 0.3) is 22.4 Å². The molecule has 4 heterocycles. The maximum atomic E-state index is 13.3. The predicted octanol–water partition coefficient (Wildman–Crippen LogP) is 4.89. The number of ether oxygens (including phenoxy) is 1. The van der Waals surface area contributed by atoms with E-state index in [0.717, 1.165) is 10.5 Å². The van der Waals surface area contributed by atoms with Gasteiger partial charge in [-0.05, 0) is 60.0 Å². The highest BCUT2D eigenvalue weighted by Gasteiger charge is 2.33. The average molecular weight is 620 g/mol. The number of nitrogens with zero attached hydrogens (tertiary/aromatic N) is 5. The Labute approximate surface area is 235 Å². The van der Waals surface area contributed by atoms with Gasteiger partial charge in [0, 0.05) is 42.5 Å². The van der Waals surface area contributed by atoms with Crippen LogP contribution in [0.2, 0.25) is 0 Å². The van der Waals surface area contributed by atoms with Crippen LogP contribution in [-0.2, 0) is 6.18 Å². The van der Waals surface area contributed by atoms with Gasteiger partial charge in [-0.3, -0.25) is 4.79 Å². The number of aromatic nitrogens is 4. The highest BCUT2D eigenvalue weighted by molar-refractivity contribution is 9.10. The van der Waals surface area contributed by atoms with Crippen LogP contribution < -0.4 is 20.7 Å². The summed E-state index contributed by atoms with van der Waals surface area (Å²) < 4.78 is 51.9. The number of halogens is 4. The lowest BCUT2D eigenvalue weighted by molar-refractivity contribution is -0.140. The van der Waals surface area contributed by atoms with E-state index < -0.39 is 23.8 Å². The molecule has 0 unspecified atom stereocenters. The number of alkyl halides is 3. The Balaban J connectivity index is 1.40. The Morgan fingerprint density at radius 2 is 1.88 bits per heavy atom. The van der Waals surface area contributed by atoms with Gasteiger partial charge in [-0.25, -0.2) is 19.9 Å². The van der Waals surface area contributed by atoms with E-state index in [9.17, 15) is 18.0 Å². The van der Waals surface area contributed by atoms with Gasteiger partial charge in [0.05, 0.1) is 17.6 Å². The van der Waals surface area contributed by atoms with Gasteiger partial charge in [-0.2, -0.15) is 13.2 Å². The molecule has 210 valence electrons. The summed E-state index contributed by atoms with van der Waals surface area (Å²) in [4.78, 5) is 32.2. The highest BCUT2D eigenvalue weighted by atomic mass is 79.9. The molecule has 1 fully saturated rings. The quantitative estimate of drug-likeness (QED) is 0.309. The first kappa shape index (κ1) is 27.8. The molecular formula is C26H25BrF3N7O3. The molecule has 14 heteroatoms. The number of carbonyl (C=O) groups is 1. The molecule has 40 heavy (non-hydrogen) atoms. The third-order valence-corrected chi connectivity index (χ3v) is 6.97. The number of amides is 1. The van der Waals surface area contributed by atoms with Gasteiger partial charge in [0.1, 0.15) is 17.0 Å². The van der Waals surface area contributed by atoms with Crippen LogP contribution in [0.15, 0.2) is 45.5 Å². The average Bonchev–Trinajstić information content (AvgIpc) is 3.38. The van der Waals surface area contributed by atoms with Gasteiger partial charge >= 0.3 is 6.18 Å². The summed E-state index contributed by atoms with van der Waals surface area (Å²) in [5.41, 5.74) is 5.40. The molecule has 1 aliphatic rings. The van der Waals surface area contributed by atoms with E-state index >= 15 is 0 Å².